The van der Waals surface area contributed by atoms with Crippen molar-refractivity contribution < 1.29 is 4.21 Å². The van der Waals surface area contributed by atoms with Crippen molar-refractivity contribution in [3.8, 4) is 0 Å². The summed E-state index contributed by atoms with van der Waals surface area (Å²) in [6, 6.07) is 0.504. The maximum absolute atomic E-state index is 11.5. The van der Waals surface area contributed by atoms with Gasteiger partial charge in [-0.3, -0.25) is 4.21 Å². The lowest BCUT2D eigenvalue weighted by Crippen LogP contribution is -2.37. The number of nitrogens with one attached hydrogen (secondary N) is 1. The fourth-order valence-electron chi connectivity index (χ4n) is 2.88. The molecule has 1 unspecified atom stereocenters. The van der Waals surface area contributed by atoms with Gasteiger partial charge in [-0.15, -0.1) is 0 Å². The normalized spacial score (nSPS) is 23.9. The highest BCUT2D eigenvalue weighted by molar-refractivity contribution is 7.85. The predicted octanol–water partition coefficient (Wildman–Crippen LogP) is 2.09. The Morgan fingerprint density at radius 1 is 1.45 bits per heavy atom. The predicted molar refractivity (Wildman–Crippen MR) is 86.2 cm³/mol. The summed E-state index contributed by atoms with van der Waals surface area (Å²) in [4.78, 5) is 8.63. The molecule has 1 aliphatic carbocycles. The van der Waals surface area contributed by atoms with Crippen LogP contribution in [0.3, 0.4) is 0 Å². The number of nitrogens with zero attached hydrogens (tertiary/aromatic N) is 2. The van der Waals surface area contributed by atoms with Gasteiger partial charge in [0.1, 0.15) is 0 Å². The van der Waals surface area contributed by atoms with Crippen molar-refractivity contribution >= 4 is 27.3 Å². The molecule has 1 aromatic heterocycles. The van der Waals surface area contributed by atoms with Crippen LogP contribution in [0.1, 0.15) is 42.8 Å². The second kappa shape index (κ2) is 6.54. The average molecular weight is 313 g/mol. The van der Waals surface area contributed by atoms with E-state index in [9.17, 15) is 4.21 Å². The second-order valence-electron chi connectivity index (χ2n) is 5.54. The molecule has 4 nitrogen and oxygen atoms in total. The number of anilines is 1. The van der Waals surface area contributed by atoms with E-state index in [1.165, 1.54) is 29.8 Å². The Hall–Kier alpha value is -0.460. The number of rotatable bonds is 4. The molecule has 0 bridgehead atoms. The van der Waals surface area contributed by atoms with Crippen LogP contribution >= 0.6 is 11.3 Å². The van der Waals surface area contributed by atoms with E-state index in [4.69, 9.17) is 4.98 Å². The highest BCUT2D eigenvalue weighted by atomic mass is 32.2. The van der Waals surface area contributed by atoms with E-state index in [0.29, 0.717) is 6.04 Å². The molecule has 1 N–H and O–H groups in total. The molecule has 1 atom stereocenters. The van der Waals surface area contributed by atoms with E-state index < -0.39 is 10.8 Å². The summed E-state index contributed by atoms with van der Waals surface area (Å²) in [5.74, 6) is 1.59. The third kappa shape index (κ3) is 3.07. The van der Waals surface area contributed by atoms with Gasteiger partial charge in [-0.25, -0.2) is 4.98 Å². The number of aryl methyl sites for hydroxylation is 1. The van der Waals surface area contributed by atoms with E-state index in [0.717, 1.165) is 42.7 Å². The van der Waals surface area contributed by atoms with Gasteiger partial charge in [0.25, 0.3) is 0 Å². The topological polar surface area (TPSA) is 45.2 Å². The summed E-state index contributed by atoms with van der Waals surface area (Å²) in [6.07, 6.45) is 4.77. The molecule has 0 saturated carbocycles. The number of hydrogen-bond donors (Lipinski definition) is 1. The summed E-state index contributed by atoms with van der Waals surface area (Å²) < 4.78 is 11.5. The van der Waals surface area contributed by atoms with E-state index in [-0.39, 0.29) is 0 Å². The van der Waals surface area contributed by atoms with Crippen LogP contribution in [-0.2, 0) is 17.2 Å². The van der Waals surface area contributed by atoms with E-state index in [1.807, 2.05) is 11.3 Å². The summed E-state index contributed by atoms with van der Waals surface area (Å²) in [7, 11) is -0.613. The van der Waals surface area contributed by atoms with E-state index in [2.05, 4.69) is 17.1 Å². The third-order valence-electron chi connectivity index (χ3n) is 4.03. The number of thiazole rings is 1. The lowest BCUT2D eigenvalue weighted by Gasteiger charge is -2.25. The molecule has 20 heavy (non-hydrogen) atoms. The molecule has 0 radical (unpaired) electrons. The van der Waals surface area contributed by atoms with Gasteiger partial charge >= 0.3 is 0 Å². The van der Waals surface area contributed by atoms with Crippen LogP contribution in [0.15, 0.2) is 0 Å². The average Bonchev–Trinajstić information content (AvgIpc) is 2.90. The van der Waals surface area contributed by atoms with E-state index in [1.54, 1.807) is 0 Å². The molecule has 1 fully saturated rings. The van der Waals surface area contributed by atoms with Crippen molar-refractivity contribution in [3.63, 3.8) is 0 Å². The van der Waals surface area contributed by atoms with Crippen LogP contribution in [0.4, 0.5) is 5.13 Å². The van der Waals surface area contributed by atoms with Crippen molar-refractivity contribution in [3.05, 3.63) is 10.6 Å². The van der Waals surface area contributed by atoms with E-state index >= 15 is 0 Å². The van der Waals surface area contributed by atoms with Crippen LogP contribution < -0.4 is 10.2 Å². The molecule has 1 aliphatic heterocycles. The first kappa shape index (κ1) is 14.5. The van der Waals surface area contributed by atoms with Gasteiger partial charge in [0.2, 0.25) is 0 Å². The number of aromatic nitrogens is 1. The maximum Gasteiger partial charge on any atom is 0.185 e. The summed E-state index contributed by atoms with van der Waals surface area (Å²) in [5.41, 5.74) is 1.30. The summed E-state index contributed by atoms with van der Waals surface area (Å²) >= 11 is 1.85. The first-order chi connectivity index (χ1) is 9.78. The fraction of sp³-hybridized carbons (Fsp3) is 0.786. The molecule has 1 aromatic rings. The Balaban J connectivity index is 1.75. The Morgan fingerprint density at radius 2 is 2.25 bits per heavy atom. The quantitative estimate of drug-likeness (QED) is 0.924. The SMILES string of the molecule is CCCNC1CCCc2nc(N3CCS(=O)CC3)sc21. The van der Waals surface area contributed by atoms with Crippen molar-refractivity contribution in [2.45, 2.75) is 38.6 Å². The van der Waals surface area contributed by atoms with Gasteiger partial charge in [-0.2, -0.15) is 0 Å². The fourth-order valence-corrected chi connectivity index (χ4v) is 5.21. The summed E-state index contributed by atoms with van der Waals surface area (Å²) in [6.45, 7) is 5.08. The smallest absolute Gasteiger partial charge is 0.185 e. The van der Waals surface area contributed by atoms with Crippen LogP contribution in [-0.4, -0.2) is 40.3 Å². The van der Waals surface area contributed by atoms with Gasteiger partial charge < -0.3 is 10.2 Å². The van der Waals surface area contributed by atoms with Crippen molar-refractivity contribution in [1.29, 1.82) is 0 Å². The largest absolute Gasteiger partial charge is 0.346 e. The zero-order chi connectivity index (χ0) is 13.9. The molecule has 1 saturated heterocycles. The molecule has 6 heteroatoms. The standard InChI is InChI=1S/C14H23N3OS2/c1-2-6-15-11-4-3-5-12-13(11)19-14(16-12)17-7-9-20(18)10-8-17/h11,15H,2-10H2,1H3. The van der Waals surface area contributed by atoms with Crippen LogP contribution in [0.5, 0.6) is 0 Å². The molecule has 112 valence electrons. The Labute approximate surface area is 127 Å². The van der Waals surface area contributed by atoms with Gasteiger partial charge in [-0.1, -0.05) is 18.3 Å². The van der Waals surface area contributed by atoms with Crippen LogP contribution in [0, 0.1) is 0 Å². The molecule has 0 spiro atoms. The molecule has 0 amide bonds. The van der Waals surface area contributed by atoms with Gasteiger partial charge in [0.05, 0.1) is 5.69 Å². The lowest BCUT2D eigenvalue weighted by molar-refractivity contribution is 0.464. The lowest BCUT2D eigenvalue weighted by atomic mass is 9.98. The Bertz CT molecular complexity index is 479. The number of hydrogen-bond acceptors (Lipinski definition) is 5. The highest BCUT2D eigenvalue weighted by Gasteiger charge is 2.26. The van der Waals surface area contributed by atoms with Crippen molar-refractivity contribution in [1.82, 2.24) is 10.3 Å². The maximum atomic E-state index is 11.5. The third-order valence-corrected chi connectivity index (χ3v) is 6.58. The first-order valence-electron chi connectivity index (χ1n) is 7.61. The number of fused-ring (bicyclic) bond motifs is 1. The molecule has 2 aliphatic rings. The molecular formula is C14H23N3OS2. The molecule has 2 heterocycles. The Kier molecular flexibility index (Phi) is 4.73. The molecular weight excluding hydrogens is 290 g/mol. The zero-order valence-corrected chi connectivity index (χ0v) is 13.7. The van der Waals surface area contributed by atoms with Crippen LogP contribution in [0.2, 0.25) is 0 Å². The minimum atomic E-state index is -0.613. The second-order valence-corrected chi connectivity index (χ2v) is 8.25. The Morgan fingerprint density at radius 3 is 3.00 bits per heavy atom. The van der Waals surface area contributed by atoms with Crippen molar-refractivity contribution in [2.24, 2.45) is 0 Å². The molecule has 0 aromatic carbocycles. The zero-order valence-electron chi connectivity index (χ0n) is 12.1. The monoisotopic (exact) mass is 313 g/mol. The highest BCUT2D eigenvalue weighted by Crippen LogP contribution is 2.37. The first-order valence-corrected chi connectivity index (χ1v) is 9.91. The minimum absolute atomic E-state index is 0.504. The summed E-state index contributed by atoms with van der Waals surface area (Å²) in [5, 5.41) is 4.80. The minimum Gasteiger partial charge on any atom is -0.346 e. The van der Waals surface area contributed by atoms with Gasteiger partial charge in [0.15, 0.2) is 5.13 Å². The van der Waals surface area contributed by atoms with Crippen molar-refractivity contribution in [2.75, 3.05) is 36.0 Å². The van der Waals surface area contributed by atoms with Crippen LogP contribution in [0.25, 0.3) is 0 Å². The molecule has 3 rings (SSSR count). The van der Waals surface area contributed by atoms with Gasteiger partial charge in [0, 0.05) is 46.3 Å². The van der Waals surface area contributed by atoms with Gasteiger partial charge in [-0.05, 0) is 32.2 Å².